The van der Waals surface area contributed by atoms with Crippen LogP contribution in [0.5, 0.6) is 0 Å². The monoisotopic (exact) mass is 339 g/mol. The second kappa shape index (κ2) is 6.29. The normalized spacial score (nSPS) is 23.2. The summed E-state index contributed by atoms with van der Waals surface area (Å²) in [5.74, 6) is -0.123. The van der Waals surface area contributed by atoms with E-state index in [2.05, 4.69) is 0 Å². The summed E-state index contributed by atoms with van der Waals surface area (Å²) in [7, 11) is -3.68. The van der Waals surface area contributed by atoms with Gasteiger partial charge in [0.25, 0.3) is 0 Å². The lowest BCUT2D eigenvalue weighted by atomic mass is 9.91. The Kier molecular flexibility index (Phi) is 4.33. The molecule has 0 fully saturated rings. The van der Waals surface area contributed by atoms with E-state index in [1.165, 1.54) is 4.31 Å². The van der Waals surface area contributed by atoms with Crippen molar-refractivity contribution in [3.8, 4) is 0 Å². The van der Waals surface area contributed by atoms with Crippen molar-refractivity contribution in [2.75, 3.05) is 4.31 Å². The third kappa shape index (κ3) is 2.67. The van der Waals surface area contributed by atoms with Crippen LogP contribution in [0.15, 0.2) is 85.0 Å². The molecule has 4 heteroatoms. The number of sulfonamides is 1. The molecule has 2 unspecified atom stereocenters. The number of anilines is 2. The predicted molar refractivity (Wildman–Crippen MR) is 99.8 cm³/mol. The Morgan fingerprint density at radius 2 is 1.38 bits per heavy atom. The largest absolute Gasteiger partial charge is 0.249 e. The Hall–Kier alpha value is -2.33. The summed E-state index contributed by atoms with van der Waals surface area (Å²) in [6.07, 6.45) is 7.43. The highest BCUT2D eigenvalue weighted by molar-refractivity contribution is 7.94. The van der Waals surface area contributed by atoms with Crippen molar-refractivity contribution in [3.05, 3.63) is 85.0 Å². The van der Waals surface area contributed by atoms with Gasteiger partial charge in [0.05, 0.1) is 11.4 Å². The first-order chi connectivity index (χ1) is 11.5. The Balaban J connectivity index is 2.19. The van der Waals surface area contributed by atoms with E-state index >= 15 is 0 Å². The van der Waals surface area contributed by atoms with Crippen molar-refractivity contribution in [2.45, 2.75) is 18.6 Å². The fraction of sp³-hybridized carbons (Fsp3) is 0.200. The molecule has 1 aliphatic carbocycles. The molecule has 3 rings (SSSR count). The zero-order chi connectivity index (χ0) is 17.2. The topological polar surface area (TPSA) is 37.4 Å². The second-order valence-electron chi connectivity index (χ2n) is 6.16. The van der Waals surface area contributed by atoms with E-state index in [-0.39, 0.29) is 5.92 Å². The van der Waals surface area contributed by atoms with Crippen LogP contribution < -0.4 is 4.31 Å². The molecular formula is C20H21NO2S. The fourth-order valence-electron chi connectivity index (χ4n) is 2.89. The molecule has 0 saturated carbocycles. The molecule has 0 bridgehead atoms. The van der Waals surface area contributed by atoms with Crippen molar-refractivity contribution < 1.29 is 8.42 Å². The van der Waals surface area contributed by atoms with E-state index < -0.39 is 14.8 Å². The first-order valence-corrected chi connectivity index (χ1v) is 9.42. The predicted octanol–water partition coefficient (Wildman–Crippen LogP) is 4.68. The highest BCUT2D eigenvalue weighted by Crippen LogP contribution is 2.40. The molecule has 0 heterocycles. The van der Waals surface area contributed by atoms with Crippen LogP contribution in [-0.4, -0.2) is 13.2 Å². The standard InChI is InChI=1S/C20H21NO2S/c1-17-11-9-10-16-20(17,2)24(22,23)21(18-12-5-3-6-13-18)19-14-7-4-8-15-19/h3-17H,1-2H3. The Bertz CT molecular complexity index is 818. The second-order valence-corrected chi connectivity index (χ2v) is 8.35. The number of allylic oxidation sites excluding steroid dienone is 3. The molecule has 0 radical (unpaired) electrons. The van der Waals surface area contributed by atoms with Crippen LogP contribution in [0, 0.1) is 5.92 Å². The average Bonchev–Trinajstić information content (AvgIpc) is 2.59. The average molecular weight is 339 g/mol. The molecule has 0 saturated heterocycles. The highest BCUT2D eigenvalue weighted by Gasteiger charge is 2.46. The molecular weight excluding hydrogens is 318 g/mol. The van der Waals surface area contributed by atoms with E-state index in [1.807, 2.05) is 85.8 Å². The summed E-state index contributed by atoms with van der Waals surface area (Å²) in [6, 6.07) is 18.4. The van der Waals surface area contributed by atoms with E-state index in [1.54, 1.807) is 13.0 Å². The molecule has 124 valence electrons. The Labute approximate surface area is 144 Å². The van der Waals surface area contributed by atoms with Gasteiger partial charge in [-0.05, 0) is 37.1 Å². The van der Waals surface area contributed by atoms with Gasteiger partial charge < -0.3 is 0 Å². The van der Waals surface area contributed by atoms with E-state index in [0.29, 0.717) is 11.4 Å². The Morgan fingerprint density at radius 1 is 0.875 bits per heavy atom. The molecule has 24 heavy (non-hydrogen) atoms. The van der Waals surface area contributed by atoms with Gasteiger partial charge in [0.2, 0.25) is 10.0 Å². The minimum Gasteiger partial charge on any atom is -0.238 e. The molecule has 2 aromatic rings. The lowest BCUT2D eigenvalue weighted by Gasteiger charge is -2.38. The van der Waals surface area contributed by atoms with Gasteiger partial charge in [0.1, 0.15) is 4.75 Å². The molecule has 0 aromatic heterocycles. The van der Waals surface area contributed by atoms with Crippen LogP contribution in [0.25, 0.3) is 0 Å². The number of nitrogens with zero attached hydrogens (tertiary/aromatic N) is 1. The first kappa shape index (κ1) is 16.5. The maximum atomic E-state index is 13.7. The molecule has 2 aromatic carbocycles. The Morgan fingerprint density at radius 3 is 1.83 bits per heavy atom. The minimum atomic E-state index is -3.68. The molecule has 0 N–H and O–H groups in total. The lowest BCUT2D eigenvalue weighted by molar-refractivity contribution is 0.514. The molecule has 0 spiro atoms. The van der Waals surface area contributed by atoms with Crippen LogP contribution in [-0.2, 0) is 10.0 Å². The third-order valence-electron chi connectivity index (χ3n) is 4.62. The van der Waals surface area contributed by atoms with Crippen LogP contribution in [0.4, 0.5) is 11.4 Å². The number of rotatable bonds is 4. The van der Waals surface area contributed by atoms with E-state index in [0.717, 1.165) is 0 Å². The summed E-state index contributed by atoms with van der Waals surface area (Å²) in [5, 5.41) is 0. The maximum absolute atomic E-state index is 13.7. The van der Waals surface area contributed by atoms with Crippen LogP contribution in [0.1, 0.15) is 13.8 Å². The van der Waals surface area contributed by atoms with Crippen LogP contribution in [0.2, 0.25) is 0 Å². The molecule has 1 aliphatic rings. The quantitative estimate of drug-likeness (QED) is 0.811. The van der Waals surface area contributed by atoms with Crippen molar-refractivity contribution in [1.29, 1.82) is 0 Å². The van der Waals surface area contributed by atoms with Crippen molar-refractivity contribution in [3.63, 3.8) is 0 Å². The molecule has 2 atom stereocenters. The van der Waals surface area contributed by atoms with Gasteiger partial charge in [-0.15, -0.1) is 0 Å². The zero-order valence-electron chi connectivity index (χ0n) is 13.8. The van der Waals surface area contributed by atoms with Crippen molar-refractivity contribution in [1.82, 2.24) is 0 Å². The fourth-order valence-corrected chi connectivity index (χ4v) is 4.88. The molecule has 0 aliphatic heterocycles. The first-order valence-electron chi connectivity index (χ1n) is 7.98. The van der Waals surface area contributed by atoms with Gasteiger partial charge in [-0.25, -0.2) is 12.7 Å². The number of hydrogen-bond donors (Lipinski definition) is 0. The van der Waals surface area contributed by atoms with Gasteiger partial charge in [-0.1, -0.05) is 67.6 Å². The molecule has 0 amide bonds. The summed E-state index contributed by atoms with van der Waals surface area (Å²) >= 11 is 0. The minimum absolute atomic E-state index is 0.123. The summed E-state index contributed by atoms with van der Waals surface area (Å²) in [4.78, 5) is 0. The van der Waals surface area contributed by atoms with E-state index in [9.17, 15) is 8.42 Å². The van der Waals surface area contributed by atoms with Gasteiger partial charge in [0, 0.05) is 0 Å². The number of para-hydroxylation sites is 2. The summed E-state index contributed by atoms with van der Waals surface area (Å²) < 4.78 is 27.8. The van der Waals surface area contributed by atoms with Gasteiger partial charge in [0.15, 0.2) is 0 Å². The smallest absolute Gasteiger partial charge is 0.238 e. The SMILES string of the molecule is CC1C=CC=CC1(C)S(=O)(=O)N(c1ccccc1)c1ccccc1. The summed E-state index contributed by atoms with van der Waals surface area (Å²) in [6.45, 7) is 3.72. The summed E-state index contributed by atoms with van der Waals surface area (Å²) in [5.41, 5.74) is 1.28. The van der Waals surface area contributed by atoms with Crippen molar-refractivity contribution >= 4 is 21.4 Å². The van der Waals surface area contributed by atoms with Gasteiger partial charge >= 0.3 is 0 Å². The number of benzene rings is 2. The van der Waals surface area contributed by atoms with Crippen LogP contribution in [0.3, 0.4) is 0 Å². The van der Waals surface area contributed by atoms with E-state index in [4.69, 9.17) is 0 Å². The van der Waals surface area contributed by atoms with Crippen molar-refractivity contribution in [2.24, 2.45) is 5.92 Å². The zero-order valence-corrected chi connectivity index (χ0v) is 14.6. The lowest BCUT2D eigenvalue weighted by Crippen LogP contribution is -2.47. The van der Waals surface area contributed by atoms with Gasteiger partial charge in [-0.3, -0.25) is 0 Å². The number of hydrogen-bond acceptors (Lipinski definition) is 2. The van der Waals surface area contributed by atoms with Gasteiger partial charge in [-0.2, -0.15) is 0 Å². The maximum Gasteiger partial charge on any atom is 0.249 e. The molecule has 3 nitrogen and oxygen atoms in total. The highest BCUT2D eigenvalue weighted by atomic mass is 32.2. The third-order valence-corrected chi connectivity index (χ3v) is 7.14. The van der Waals surface area contributed by atoms with Crippen LogP contribution >= 0.6 is 0 Å².